The summed E-state index contributed by atoms with van der Waals surface area (Å²) in [5.74, 6) is 0.505. The molecule has 4 nitrogen and oxygen atoms in total. The Balaban J connectivity index is 1.50. The van der Waals surface area contributed by atoms with Gasteiger partial charge in [0.05, 0.1) is 0 Å². The van der Waals surface area contributed by atoms with E-state index in [0.717, 1.165) is 38.2 Å². The Morgan fingerprint density at radius 1 is 1.20 bits per heavy atom. The summed E-state index contributed by atoms with van der Waals surface area (Å²) in [6.45, 7) is 3.44. The van der Waals surface area contributed by atoms with E-state index in [1.807, 2.05) is 35.2 Å². The van der Waals surface area contributed by atoms with Crippen LogP contribution in [0, 0.1) is 0 Å². The molecule has 106 valence electrons. The number of carbonyl (C=O) groups excluding carboxylic acids is 2. The van der Waals surface area contributed by atoms with Gasteiger partial charge in [-0.3, -0.25) is 14.5 Å². The van der Waals surface area contributed by atoms with Gasteiger partial charge in [0, 0.05) is 50.6 Å². The topological polar surface area (TPSA) is 40.6 Å². The molecule has 2 aliphatic rings. The summed E-state index contributed by atoms with van der Waals surface area (Å²) in [7, 11) is 0. The Bertz CT molecular complexity index is 500. The first-order chi connectivity index (χ1) is 9.74. The molecule has 0 aromatic heterocycles. The number of hydrogen-bond donors (Lipinski definition) is 0. The second kappa shape index (κ2) is 5.75. The van der Waals surface area contributed by atoms with Crippen molar-refractivity contribution in [3.8, 4) is 0 Å². The lowest BCUT2D eigenvalue weighted by atomic mass is 10.1. The molecule has 1 atom stereocenters. The molecule has 1 amide bonds. The van der Waals surface area contributed by atoms with Crippen molar-refractivity contribution < 1.29 is 9.59 Å². The van der Waals surface area contributed by atoms with Gasteiger partial charge in [0.2, 0.25) is 5.91 Å². The van der Waals surface area contributed by atoms with E-state index in [1.165, 1.54) is 0 Å². The Morgan fingerprint density at radius 3 is 2.80 bits per heavy atom. The normalized spacial score (nSPS) is 22.9. The predicted molar refractivity (Wildman–Crippen MR) is 76.6 cm³/mol. The zero-order chi connectivity index (χ0) is 13.9. The average Bonchev–Trinajstić information content (AvgIpc) is 2.87. The van der Waals surface area contributed by atoms with Gasteiger partial charge in [-0.2, -0.15) is 0 Å². The summed E-state index contributed by atoms with van der Waals surface area (Å²) in [6, 6.07) is 9.84. The maximum Gasteiger partial charge on any atom is 0.222 e. The van der Waals surface area contributed by atoms with E-state index in [9.17, 15) is 9.59 Å². The van der Waals surface area contributed by atoms with Crippen LogP contribution in [0.2, 0.25) is 0 Å². The molecule has 2 aliphatic heterocycles. The van der Waals surface area contributed by atoms with Crippen molar-refractivity contribution >= 4 is 11.7 Å². The highest BCUT2D eigenvalue weighted by atomic mass is 16.2. The summed E-state index contributed by atoms with van der Waals surface area (Å²) in [5, 5.41) is 0. The van der Waals surface area contributed by atoms with Crippen molar-refractivity contribution in [2.24, 2.45) is 0 Å². The van der Waals surface area contributed by atoms with Gasteiger partial charge in [0.25, 0.3) is 0 Å². The Morgan fingerprint density at radius 2 is 2.00 bits per heavy atom. The molecule has 1 unspecified atom stereocenters. The van der Waals surface area contributed by atoms with Crippen LogP contribution in [0.3, 0.4) is 0 Å². The van der Waals surface area contributed by atoms with Crippen molar-refractivity contribution in [3.63, 3.8) is 0 Å². The van der Waals surface area contributed by atoms with Gasteiger partial charge < -0.3 is 4.90 Å². The van der Waals surface area contributed by atoms with Gasteiger partial charge in [0.15, 0.2) is 5.78 Å². The zero-order valence-corrected chi connectivity index (χ0v) is 11.6. The molecule has 2 saturated heterocycles. The first kappa shape index (κ1) is 13.3. The van der Waals surface area contributed by atoms with Crippen LogP contribution in [0.15, 0.2) is 30.3 Å². The lowest BCUT2D eigenvalue weighted by Crippen LogP contribution is -2.51. The Hall–Kier alpha value is -1.68. The largest absolute Gasteiger partial charge is 0.337 e. The fraction of sp³-hybridized carbons (Fsp3) is 0.500. The third kappa shape index (κ3) is 2.75. The number of carbonyl (C=O) groups is 2. The molecule has 3 rings (SSSR count). The molecular formula is C16H20N2O2. The number of nitrogens with zero attached hydrogens (tertiary/aromatic N) is 2. The number of ketones is 1. The van der Waals surface area contributed by atoms with Crippen LogP contribution in [0.1, 0.15) is 29.6 Å². The van der Waals surface area contributed by atoms with E-state index in [1.54, 1.807) is 0 Å². The standard InChI is InChI=1S/C16H20N2O2/c19-15(13-4-2-1-3-5-13)8-9-17-10-11-18-14(12-17)6-7-16(18)20/h1-5,14H,6-12H2. The monoisotopic (exact) mass is 272 g/mol. The number of Topliss-reactive ketones (excluding diaryl/α,β-unsaturated/α-hetero) is 1. The lowest BCUT2D eigenvalue weighted by molar-refractivity contribution is -0.130. The van der Waals surface area contributed by atoms with Crippen molar-refractivity contribution in [2.75, 3.05) is 26.2 Å². The maximum atomic E-state index is 12.1. The SMILES string of the molecule is O=C(CCN1CCN2C(=O)CCC2C1)c1ccccc1. The van der Waals surface area contributed by atoms with Crippen LogP contribution in [0.25, 0.3) is 0 Å². The maximum absolute atomic E-state index is 12.1. The van der Waals surface area contributed by atoms with E-state index in [0.29, 0.717) is 24.8 Å². The van der Waals surface area contributed by atoms with E-state index in [2.05, 4.69) is 4.90 Å². The van der Waals surface area contributed by atoms with Gasteiger partial charge in [0.1, 0.15) is 0 Å². The van der Waals surface area contributed by atoms with Gasteiger partial charge >= 0.3 is 0 Å². The lowest BCUT2D eigenvalue weighted by Gasteiger charge is -2.37. The van der Waals surface area contributed by atoms with E-state index < -0.39 is 0 Å². The van der Waals surface area contributed by atoms with Crippen LogP contribution in [-0.4, -0.2) is 53.7 Å². The van der Waals surface area contributed by atoms with Crippen LogP contribution >= 0.6 is 0 Å². The van der Waals surface area contributed by atoms with Crippen LogP contribution in [0.4, 0.5) is 0 Å². The molecule has 0 spiro atoms. The molecule has 0 aliphatic carbocycles. The van der Waals surface area contributed by atoms with Crippen molar-refractivity contribution in [1.29, 1.82) is 0 Å². The minimum atomic E-state index is 0.204. The minimum Gasteiger partial charge on any atom is -0.337 e. The van der Waals surface area contributed by atoms with Crippen LogP contribution in [0.5, 0.6) is 0 Å². The second-order valence-electron chi connectivity index (χ2n) is 5.62. The highest BCUT2D eigenvalue weighted by Gasteiger charge is 2.35. The van der Waals surface area contributed by atoms with Crippen LogP contribution < -0.4 is 0 Å². The smallest absolute Gasteiger partial charge is 0.222 e. The molecule has 1 aromatic rings. The summed E-state index contributed by atoms with van der Waals surface area (Å²) in [6.07, 6.45) is 2.23. The van der Waals surface area contributed by atoms with Gasteiger partial charge in [-0.25, -0.2) is 0 Å². The van der Waals surface area contributed by atoms with Gasteiger partial charge in [-0.15, -0.1) is 0 Å². The number of piperazine rings is 1. The number of amides is 1. The van der Waals surface area contributed by atoms with Crippen LogP contribution in [-0.2, 0) is 4.79 Å². The fourth-order valence-electron chi connectivity index (χ4n) is 3.16. The molecule has 1 aromatic carbocycles. The van der Waals surface area contributed by atoms with Crippen molar-refractivity contribution in [2.45, 2.75) is 25.3 Å². The molecule has 4 heteroatoms. The third-order valence-electron chi connectivity index (χ3n) is 4.33. The number of fused-ring (bicyclic) bond motifs is 1. The second-order valence-corrected chi connectivity index (χ2v) is 5.62. The average molecular weight is 272 g/mol. The van der Waals surface area contributed by atoms with E-state index >= 15 is 0 Å². The van der Waals surface area contributed by atoms with Crippen molar-refractivity contribution in [3.05, 3.63) is 35.9 Å². The quantitative estimate of drug-likeness (QED) is 0.781. The molecule has 0 saturated carbocycles. The van der Waals surface area contributed by atoms with Crippen molar-refractivity contribution in [1.82, 2.24) is 9.80 Å². The molecule has 0 bridgehead atoms. The minimum absolute atomic E-state index is 0.204. The van der Waals surface area contributed by atoms with Gasteiger partial charge in [-0.05, 0) is 6.42 Å². The molecular weight excluding hydrogens is 252 g/mol. The molecule has 2 heterocycles. The first-order valence-corrected chi connectivity index (χ1v) is 7.34. The number of hydrogen-bond acceptors (Lipinski definition) is 3. The Kier molecular flexibility index (Phi) is 3.83. The summed E-state index contributed by atoms with van der Waals surface area (Å²) < 4.78 is 0. The molecule has 0 radical (unpaired) electrons. The molecule has 2 fully saturated rings. The summed E-state index contributed by atoms with van der Waals surface area (Å²) in [4.78, 5) is 28.0. The van der Waals surface area contributed by atoms with E-state index in [4.69, 9.17) is 0 Å². The Labute approximate surface area is 119 Å². The van der Waals surface area contributed by atoms with Gasteiger partial charge in [-0.1, -0.05) is 30.3 Å². The highest BCUT2D eigenvalue weighted by Crippen LogP contribution is 2.22. The number of benzene rings is 1. The fourth-order valence-corrected chi connectivity index (χ4v) is 3.16. The molecule has 20 heavy (non-hydrogen) atoms. The zero-order valence-electron chi connectivity index (χ0n) is 11.6. The summed E-state index contributed by atoms with van der Waals surface area (Å²) in [5.41, 5.74) is 0.794. The first-order valence-electron chi connectivity index (χ1n) is 7.34. The third-order valence-corrected chi connectivity index (χ3v) is 4.33. The molecule has 0 N–H and O–H groups in total. The highest BCUT2D eigenvalue weighted by molar-refractivity contribution is 5.96. The number of rotatable bonds is 4. The predicted octanol–water partition coefficient (Wildman–Crippen LogP) is 1.57. The summed E-state index contributed by atoms with van der Waals surface area (Å²) >= 11 is 0. The van der Waals surface area contributed by atoms with E-state index in [-0.39, 0.29) is 5.78 Å².